The van der Waals surface area contributed by atoms with Crippen molar-refractivity contribution < 1.29 is 14.4 Å². The van der Waals surface area contributed by atoms with Crippen molar-refractivity contribution in [1.82, 2.24) is 5.16 Å². The monoisotopic (exact) mass is 233 g/mol. The zero-order chi connectivity index (χ0) is 12.2. The molecule has 1 aromatic heterocycles. The summed E-state index contributed by atoms with van der Waals surface area (Å²) in [7, 11) is 0. The van der Waals surface area contributed by atoms with Gasteiger partial charge in [0.15, 0.2) is 0 Å². The molecule has 0 aliphatic heterocycles. The molecule has 3 aliphatic rings. The van der Waals surface area contributed by atoms with E-state index < -0.39 is 5.97 Å². The third-order valence-electron chi connectivity index (χ3n) is 4.48. The highest BCUT2D eigenvalue weighted by atomic mass is 16.5. The van der Waals surface area contributed by atoms with Gasteiger partial charge in [-0.3, -0.25) is 0 Å². The summed E-state index contributed by atoms with van der Waals surface area (Å²) in [5, 5.41) is 12.7. The Morgan fingerprint density at radius 2 is 2.35 bits per heavy atom. The molecular weight excluding hydrogens is 218 g/mol. The van der Waals surface area contributed by atoms with Gasteiger partial charge in [-0.2, -0.15) is 0 Å². The fourth-order valence-electron chi connectivity index (χ4n) is 3.15. The summed E-state index contributed by atoms with van der Waals surface area (Å²) in [6.07, 6.45) is 4.44. The molecule has 0 radical (unpaired) electrons. The van der Waals surface area contributed by atoms with Gasteiger partial charge in [0.1, 0.15) is 5.69 Å². The van der Waals surface area contributed by atoms with Gasteiger partial charge >= 0.3 is 5.97 Å². The van der Waals surface area contributed by atoms with E-state index in [1.54, 1.807) is 0 Å². The van der Waals surface area contributed by atoms with Crippen LogP contribution >= 0.6 is 0 Å². The summed E-state index contributed by atoms with van der Waals surface area (Å²) < 4.78 is 4.82. The van der Waals surface area contributed by atoms with Gasteiger partial charge < -0.3 is 9.63 Å². The Balaban J connectivity index is 1.94. The Kier molecular flexibility index (Phi) is 2.00. The van der Waals surface area contributed by atoms with Crippen LogP contribution in [-0.2, 0) is 0 Å². The minimum absolute atomic E-state index is 0.0832. The van der Waals surface area contributed by atoms with Gasteiger partial charge in [-0.05, 0) is 35.7 Å². The minimum Gasteiger partial charge on any atom is -0.475 e. The van der Waals surface area contributed by atoms with Crippen LogP contribution in [0.1, 0.15) is 42.9 Å². The molecule has 0 aromatic carbocycles. The van der Waals surface area contributed by atoms with Gasteiger partial charge in [0.2, 0.25) is 5.76 Å². The van der Waals surface area contributed by atoms with Crippen LogP contribution in [0.4, 0.5) is 0 Å². The highest BCUT2D eigenvalue weighted by molar-refractivity contribution is 5.85. The van der Waals surface area contributed by atoms with Crippen LogP contribution in [0.15, 0.2) is 16.7 Å². The predicted octanol–water partition coefficient (Wildman–Crippen LogP) is 2.82. The molecule has 3 aliphatic carbocycles. The maximum atomic E-state index is 10.8. The van der Waals surface area contributed by atoms with E-state index in [1.165, 1.54) is 12.5 Å². The van der Waals surface area contributed by atoms with Crippen molar-refractivity contribution in [3.63, 3.8) is 0 Å². The lowest BCUT2D eigenvalue weighted by Gasteiger charge is -2.56. The fraction of sp³-hybridized carbons (Fsp3) is 0.538. The molecule has 90 valence electrons. The number of aromatic nitrogens is 1. The number of carbonyl (C=O) groups is 1. The van der Waals surface area contributed by atoms with Gasteiger partial charge in [0.25, 0.3) is 0 Å². The van der Waals surface area contributed by atoms with Gasteiger partial charge in [-0.1, -0.05) is 25.1 Å². The largest absolute Gasteiger partial charge is 0.475 e. The molecule has 0 spiro atoms. The van der Waals surface area contributed by atoms with Gasteiger partial charge in [0, 0.05) is 6.07 Å². The molecule has 1 fully saturated rings. The van der Waals surface area contributed by atoms with E-state index in [9.17, 15) is 4.79 Å². The SMILES string of the molecule is CC1(C)C2CC=C(c3cc(C(=O)O)on3)C1C2. The molecular formula is C13H15NO3. The second-order valence-corrected chi connectivity index (χ2v) is 5.58. The number of aromatic carboxylic acids is 1. The lowest BCUT2D eigenvalue weighted by Crippen LogP contribution is -2.47. The minimum atomic E-state index is -1.06. The molecule has 1 N–H and O–H groups in total. The Morgan fingerprint density at radius 3 is 2.88 bits per heavy atom. The molecule has 1 saturated carbocycles. The van der Waals surface area contributed by atoms with Crippen LogP contribution < -0.4 is 0 Å². The number of hydrogen-bond donors (Lipinski definition) is 1. The van der Waals surface area contributed by atoms with E-state index in [2.05, 4.69) is 25.1 Å². The number of carboxylic acids is 1. The first-order chi connectivity index (χ1) is 8.00. The first-order valence-corrected chi connectivity index (χ1v) is 5.90. The molecule has 1 aromatic rings. The third-order valence-corrected chi connectivity index (χ3v) is 4.48. The van der Waals surface area contributed by atoms with E-state index in [-0.39, 0.29) is 5.76 Å². The maximum absolute atomic E-state index is 10.8. The summed E-state index contributed by atoms with van der Waals surface area (Å²) >= 11 is 0. The average Bonchev–Trinajstić information content (AvgIpc) is 2.78. The second kappa shape index (κ2) is 3.22. The fourth-order valence-corrected chi connectivity index (χ4v) is 3.15. The quantitative estimate of drug-likeness (QED) is 0.853. The van der Waals surface area contributed by atoms with Crippen molar-refractivity contribution in [1.29, 1.82) is 0 Å². The van der Waals surface area contributed by atoms with E-state index in [0.717, 1.165) is 17.9 Å². The molecule has 4 nitrogen and oxygen atoms in total. The first kappa shape index (κ1) is 10.6. The smallest absolute Gasteiger partial charge is 0.374 e. The van der Waals surface area contributed by atoms with E-state index in [0.29, 0.717) is 17.0 Å². The van der Waals surface area contributed by atoms with Crippen LogP contribution in [0.5, 0.6) is 0 Å². The van der Waals surface area contributed by atoms with Crippen LogP contribution in [0.2, 0.25) is 0 Å². The highest BCUT2D eigenvalue weighted by Crippen LogP contribution is 2.61. The number of allylic oxidation sites excluding steroid dienone is 2. The normalized spacial score (nSPS) is 29.4. The van der Waals surface area contributed by atoms with Crippen molar-refractivity contribution in [3.05, 3.63) is 23.6 Å². The summed E-state index contributed by atoms with van der Waals surface area (Å²) in [5.74, 6) is 0.112. The van der Waals surface area contributed by atoms with Crippen molar-refractivity contribution in [2.45, 2.75) is 26.7 Å². The van der Waals surface area contributed by atoms with E-state index in [4.69, 9.17) is 9.63 Å². The number of carboxylic acid groups (broad SMARTS) is 1. The number of hydrogen-bond acceptors (Lipinski definition) is 3. The number of nitrogens with zero attached hydrogens (tertiary/aromatic N) is 1. The van der Waals surface area contributed by atoms with E-state index >= 15 is 0 Å². The molecule has 4 heteroatoms. The molecule has 17 heavy (non-hydrogen) atoms. The zero-order valence-electron chi connectivity index (χ0n) is 9.93. The molecule has 1 heterocycles. The van der Waals surface area contributed by atoms with E-state index in [1.807, 2.05) is 0 Å². The second-order valence-electron chi connectivity index (χ2n) is 5.58. The average molecular weight is 233 g/mol. The highest BCUT2D eigenvalue weighted by Gasteiger charge is 2.51. The van der Waals surface area contributed by atoms with Crippen LogP contribution in [-0.4, -0.2) is 16.2 Å². The summed E-state index contributed by atoms with van der Waals surface area (Å²) in [5.41, 5.74) is 2.17. The molecule has 2 atom stereocenters. The molecule has 2 bridgehead atoms. The topological polar surface area (TPSA) is 63.3 Å². The summed E-state index contributed by atoms with van der Waals surface area (Å²) in [4.78, 5) is 10.8. The third kappa shape index (κ3) is 1.36. The van der Waals surface area contributed by atoms with Crippen molar-refractivity contribution in [2.24, 2.45) is 17.3 Å². The molecule has 2 unspecified atom stereocenters. The van der Waals surface area contributed by atoms with Gasteiger partial charge in [-0.25, -0.2) is 4.79 Å². The summed E-state index contributed by atoms with van der Waals surface area (Å²) in [6.45, 7) is 4.55. The van der Waals surface area contributed by atoms with Crippen molar-refractivity contribution in [3.8, 4) is 0 Å². The predicted molar refractivity (Wildman–Crippen MR) is 61.4 cm³/mol. The maximum Gasteiger partial charge on any atom is 0.374 e. The Morgan fingerprint density at radius 1 is 1.59 bits per heavy atom. The molecule has 0 amide bonds. The Labute approximate surface area is 99.3 Å². The van der Waals surface area contributed by atoms with Crippen molar-refractivity contribution >= 4 is 11.5 Å². The van der Waals surface area contributed by atoms with Gasteiger partial charge in [-0.15, -0.1) is 0 Å². The van der Waals surface area contributed by atoms with Crippen LogP contribution in [0.25, 0.3) is 5.57 Å². The number of rotatable bonds is 2. The number of fused-ring (bicyclic) bond motifs is 1. The Hall–Kier alpha value is -1.58. The van der Waals surface area contributed by atoms with Crippen LogP contribution in [0, 0.1) is 17.3 Å². The Bertz CT molecular complexity index is 512. The molecule has 4 rings (SSSR count). The lowest BCUT2D eigenvalue weighted by atomic mass is 9.48. The van der Waals surface area contributed by atoms with Gasteiger partial charge in [0.05, 0.1) is 0 Å². The zero-order valence-corrected chi connectivity index (χ0v) is 9.93. The lowest BCUT2D eigenvalue weighted by molar-refractivity contribution is 0.0109. The molecule has 0 saturated heterocycles. The van der Waals surface area contributed by atoms with Crippen LogP contribution in [0.3, 0.4) is 0 Å². The standard InChI is InChI=1S/C13H15NO3/c1-13(2)7-3-4-8(9(13)5-7)10-6-11(12(15)16)17-14-10/h4,6-7,9H,3,5H2,1-2H3,(H,15,16). The first-order valence-electron chi connectivity index (χ1n) is 5.90. The summed E-state index contributed by atoms with van der Waals surface area (Å²) in [6, 6.07) is 1.53. The van der Waals surface area contributed by atoms with Crippen molar-refractivity contribution in [2.75, 3.05) is 0 Å².